The number of nitrogens with zero attached hydrogens (tertiary/aromatic N) is 3. The van der Waals surface area contributed by atoms with E-state index in [1.165, 1.54) is 16.4 Å². The highest BCUT2D eigenvalue weighted by molar-refractivity contribution is 7.63. The van der Waals surface area contributed by atoms with E-state index < -0.39 is 0 Å². The second kappa shape index (κ2) is 4.71. The zero-order chi connectivity index (χ0) is 16.5. The standard InChI is InChI=1S/C21H16N3P/c1-25-20-8-9-21(25)13-19-7-5-17-11-15-3-2-14(22-15)10-16-4-6-18(12-20)23(16)24(17)19/h2-13,20H,1H3/b15-11?,16-10?,18-12-,21-13-. The van der Waals surface area contributed by atoms with Gasteiger partial charge in [0.05, 0.1) is 33.5 Å². The summed E-state index contributed by atoms with van der Waals surface area (Å²) < 4.78 is 4.65. The molecule has 3 aliphatic heterocycles. The number of aromatic nitrogens is 3. The molecule has 120 valence electrons. The zero-order valence-electron chi connectivity index (χ0n) is 13.8. The van der Waals surface area contributed by atoms with Gasteiger partial charge in [-0.1, -0.05) is 20.1 Å². The summed E-state index contributed by atoms with van der Waals surface area (Å²) >= 11 is 0. The van der Waals surface area contributed by atoms with E-state index >= 15 is 0 Å². The number of hydrogen-bond acceptors (Lipinski definition) is 1. The van der Waals surface area contributed by atoms with Crippen LogP contribution in [0, 0.1) is 0 Å². The molecule has 3 aromatic heterocycles. The van der Waals surface area contributed by atoms with E-state index in [0.717, 1.165) is 22.4 Å². The summed E-state index contributed by atoms with van der Waals surface area (Å²) in [6.45, 7) is 2.38. The van der Waals surface area contributed by atoms with Crippen LogP contribution in [-0.4, -0.2) is 26.3 Å². The molecule has 0 fully saturated rings. The van der Waals surface area contributed by atoms with Crippen LogP contribution in [0.4, 0.5) is 0 Å². The van der Waals surface area contributed by atoms with Crippen LogP contribution in [0.1, 0.15) is 17.1 Å². The summed E-state index contributed by atoms with van der Waals surface area (Å²) in [6.07, 6.45) is 13.6. The average Bonchev–Trinajstić information content (AvgIpc) is 3.35. The Kier molecular flexibility index (Phi) is 2.57. The van der Waals surface area contributed by atoms with Gasteiger partial charge in [-0.15, -0.1) is 0 Å². The first-order chi connectivity index (χ1) is 12.3. The van der Waals surface area contributed by atoms with Crippen molar-refractivity contribution in [3.8, 4) is 0 Å². The van der Waals surface area contributed by atoms with E-state index in [2.05, 4.69) is 88.5 Å². The van der Waals surface area contributed by atoms with E-state index in [9.17, 15) is 0 Å². The Labute approximate surface area is 146 Å². The van der Waals surface area contributed by atoms with E-state index in [1.54, 1.807) is 0 Å². The lowest BCUT2D eigenvalue weighted by atomic mass is 10.3. The molecule has 3 aromatic rings. The molecule has 0 amide bonds. The Morgan fingerprint density at radius 2 is 1.68 bits per heavy atom. The first-order valence-electron chi connectivity index (χ1n) is 8.51. The van der Waals surface area contributed by atoms with Gasteiger partial charge in [0, 0.05) is 5.66 Å². The average molecular weight is 341 g/mol. The monoisotopic (exact) mass is 341 g/mol. The number of fused-ring (bicyclic) bond motifs is 4. The minimum atomic E-state index is -0.191. The van der Waals surface area contributed by atoms with E-state index in [-0.39, 0.29) is 7.92 Å². The first kappa shape index (κ1) is 13.6. The van der Waals surface area contributed by atoms with Crippen LogP contribution in [0.15, 0.2) is 53.9 Å². The molecule has 2 atom stereocenters. The highest BCUT2D eigenvalue weighted by Crippen LogP contribution is 2.53. The molecule has 0 aliphatic carbocycles. The third kappa shape index (κ3) is 1.87. The van der Waals surface area contributed by atoms with Crippen molar-refractivity contribution in [1.82, 2.24) is 14.0 Å². The predicted molar refractivity (Wildman–Crippen MR) is 106 cm³/mol. The van der Waals surface area contributed by atoms with Gasteiger partial charge >= 0.3 is 0 Å². The van der Waals surface area contributed by atoms with Gasteiger partial charge in [0.15, 0.2) is 0 Å². The van der Waals surface area contributed by atoms with Gasteiger partial charge in [-0.25, -0.2) is 14.0 Å². The summed E-state index contributed by atoms with van der Waals surface area (Å²) in [4.78, 5) is 4.71. The van der Waals surface area contributed by atoms with Crippen molar-refractivity contribution in [1.29, 1.82) is 0 Å². The molecule has 0 saturated carbocycles. The highest BCUT2D eigenvalue weighted by Gasteiger charge is 2.22. The second-order valence-electron chi connectivity index (χ2n) is 6.77. The lowest BCUT2D eigenvalue weighted by Crippen LogP contribution is -2.16. The zero-order valence-corrected chi connectivity index (χ0v) is 14.7. The highest BCUT2D eigenvalue weighted by atomic mass is 31.1. The predicted octanol–water partition coefficient (Wildman–Crippen LogP) is 4.10. The number of rotatable bonds is 0. The fraction of sp³-hybridized carbons (Fsp3) is 0.0952. The maximum atomic E-state index is 4.71. The summed E-state index contributed by atoms with van der Waals surface area (Å²) in [5.74, 6) is 0. The van der Waals surface area contributed by atoms with E-state index in [4.69, 9.17) is 4.98 Å². The van der Waals surface area contributed by atoms with Gasteiger partial charge in [-0.05, 0) is 72.7 Å². The van der Waals surface area contributed by atoms with Crippen molar-refractivity contribution in [2.45, 2.75) is 5.66 Å². The van der Waals surface area contributed by atoms with Crippen LogP contribution in [0.25, 0.3) is 35.3 Å². The van der Waals surface area contributed by atoms with Crippen LogP contribution >= 0.6 is 7.92 Å². The molecule has 6 heterocycles. The molecule has 0 aromatic carbocycles. The van der Waals surface area contributed by atoms with Gasteiger partial charge in [0.25, 0.3) is 0 Å². The normalized spacial score (nSPS) is 25.5. The molecule has 3 aliphatic rings. The van der Waals surface area contributed by atoms with E-state index in [0.29, 0.717) is 5.66 Å². The summed E-state index contributed by atoms with van der Waals surface area (Å²) in [7, 11) is -0.191. The second-order valence-corrected chi connectivity index (χ2v) is 9.10. The maximum Gasteiger partial charge on any atom is 0.0659 e. The molecule has 3 nitrogen and oxygen atoms in total. The fourth-order valence-corrected chi connectivity index (χ4v) is 5.68. The van der Waals surface area contributed by atoms with Crippen molar-refractivity contribution >= 4 is 43.3 Å². The summed E-state index contributed by atoms with van der Waals surface area (Å²) in [6, 6.07) is 13.2. The third-order valence-corrected chi connectivity index (χ3v) is 7.57. The Morgan fingerprint density at radius 3 is 2.52 bits per heavy atom. The summed E-state index contributed by atoms with van der Waals surface area (Å²) in [5.41, 5.74) is 6.06. The van der Waals surface area contributed by atoms with Crippen molar-refractivity contribution in [2.75, 3.05) is 6.66 Å². The molecular weight excluding hydrogens is 325 g/mol. The van der Waals surface area contributed by atoms with Gasteiger partial charge < -0.3 is 0 Å². The molecule has 25 heavy (non-hydrogen) atoms. The topological polar surface area (TPSA) is 21.7 Å². The maximum absolute atomic E-state index is 4.71. The van der Waals surface area contributed by atoms with Crippen molar-refractivity contribution in [3.63, 3.8) is 0 Å². The van der Waals surface area contributed by atoms with Crippen LogP contribution < -0.4 is 5.35 Å². The molecule has 6 rings (SSSR count). The first-order valence-corrected chi connectivity index (χ1v) is 10.4. The Balaban J connectivity index is 1.93. The van der Waals surface area contributed by atoms with Crippen molar-refractivity contribution in [3.05, 3.63) is 76.3 Å². The quantitative estimate of drug-likeness (QED) is 0.441. The number of hydrogen-bond donors (Lipinski definition) is 0. The molecule has 2 unspecified atom stereocenters. The van der Waals surface area contributed by atoms with Gasteiger partial charge in [0.1, 0.15) is 0 Å². The fourth-order valence-electron chi connectivity index (χ4n) is 3.96. The molecule has 0 saturated heterocycles. The Bertz CT molecular complexity index is 1270. The van der Waals surface area contributed by atoms with Crippen LogP contribution in [-0.2, 0) is 0 Å². The van der Waals surface area contributed by atoms with Crippen LogP contribution in [0.2, 0.25) is 0 Å². The van der Waals surface area contributed by atoms with Gasteiger partial charge in [-0.3, -0.25) is 0 Å². The SMILES string of the molecule is CP1/C2=C\c3ccc4cc5nc(cc6cc/c(n6n34)=C/C1C=C2)C=C5. The van der Waals surface area contributed by atoms with Crippen LogP contribution in [0.5, 0.6) is 0 Å². The van der Waals surface area contributed by atoms with Gasteiger partial charge in [0.2, 0.25) is 0 Å². The molecule has 4 heteroatoms. The third-order valence-electron chi connectivity index (χ3n) is 5.26. The molecule has 0 spiro atoms. The minimum Gasteiger partial charge on any atom is -0.249 e. The van der Waals surface area contributed by atoms with Crippen molar-refractivity contribution in [2.24, 2.45) is 0 Å². The van der Waals surface area contributed by atoms with E-state index in [1.807, 2.05) is 0 Å². The molecule has 0 N–H and O–H groups in total. The van der Waals surface area contributed by atoms with Gasteiger partial charge in [-0.2, -0.15) is 0 Å². The largest absolute Gasteiger partial charge is 0.249 e. The number of allylic oxidation sites excluding steroid dienone is 3. The summed E-state index contributed by atoms with van der Waals surface area (Å²) in [5, 5.41) is 2.70. The Morgan fingerprint density at radius 1 is 0.920 bits per heavy atom. The lowest BCUT2D eigenvalue weighted by Gasteiger charge is -2.11. The van der Waals surface area contributed by atoms with Crippen LogP contribution in [0.3, 0.4) is 0 Å². The minimum absolute atomic E-state index is 0.191. The molecular formula is C21H16N3P. The molecule has 4 bridgehead atoms. The Hall–Kier alpha value is -2.64. The smallest absolute Gasteiger partial charge is 0.0659 e. The lowest BCUT2D eigenvalue weighted by molar-refractivity contribution is 0.835. The molecule has 0 radical (unpaired) electrons. The van der Waals surface area contributed by atoms with Crippen molar-refractivity contribution < 1.29 is 0 Å².